The van der Waals surface area contributed by atoms with Gasteiger partial charge >= 0.3 is 0 Å². The third-order valence-electron chi connectivity index (χ3n) is 4.23. The van der Waals surface area contributed by atoms with Crippen LogP contribution in [0.1, 0.15) is 32.4 Å². The molecule has 27 heavy (non-hydrogen) atoms. The Hall–Kier alpha value is -1.65. The van der Waals surface area contributed by atoms with E-state index in [0.29, 0.717) is 45.0 Å². The molecule has 1 N–H and O–H groups in total. The minimum Gasteiger partial charge on any atom is -0.380 e. The monoisotopic (exact) mass is 401 g/mol. The number of aliphatic imine (C=N–C) groups is 1. The Kier molecular flexibility index (Phi) is 9.02. The SMILES string of the molecule is CCCCOCCN=C(NCC)N1CCN(S(=O)(=O)Cc2ccon2)CC1. The fourth-order valence-corrected chi connectivity index (χ4v) is 4.18. The highest BCUT2D eigenvalue weighted by atomic mass is 32.2. The number of hydrogen-bond donors (Lipinski definition) is 1. The van der Waals surface area contributed by atoms with Crippen molar-refractivity contribution < 1.29 is 17.7 Å². The molecule has 0 radical (unpaired) electrons. The van der Waals surface area contributed by atoms with Gasteiger partial charge < -0.3 is 19.5 Å². The van der Waals surface area contributed by atoms with E-state index in [9.17, 15) is 8.42 Å². The van der Waals surface area contributed by atoms with Crippen LogP contribution in [0.25, 0.3) is 0 Å². The van der Waals surface area contributed by atoms with Crippen LogP contribution in [0.2, 0.25) is 0 Å². The molecular weight excluding hydrogens is 370 g/mol. The molecule has 0 atom stereocenters. The molecule has 0 bridgehead atoms. The zero-order valence-electron chi connectivity index (χ0n) is 16.3. The molecule has 154 valence electrons. The van der Waals surface area contributed by atoms with Gasteiger partial charge in [0.1, 0.15) is 12.0 Å². The molecule has 0 aromatic carbocycles. The Morgan fingerprint density at radius 2 is 2.07 bits per heavy atom. The van der Waals surface area contributed by atoms with Crippen LogP contribution in [0.5, 0.6) is 0 Å². The second-order valence-electron chi connectivity index (χ2n) is 6.33. The van der Waals surface area contributed by atoms with Crippen molar-refractivity contribution in [2.45, 2.75) is 32.4 Å². The van der Waals surface area contributed by atoms with E-state index in [0.717, 1.165) is 32.0 Å². The average Bonchev–Trinajstić information content (AvgIpc) is 3.16. The Morgan fingerprint density at radius 1 is 1.30 bits per heavy atom. The van der Waals surface area contributed by atoms with E-state index >= 15 is 0 Å². The summed E-state index contributed by atoms with van der Waals surface area (Å²) in [5.41, 5.74) is 0.426. The van der Waals surface area contributed by atoms with Gasteiger partial charge in [0.25, 0.3) is 0 Å². The van der Waals surface area contributed by atoms with Crippen molar-refractivity contribution in [3.8, 4) is 0 Å². The first kappa shape index (κ1) is 21.6. The summed E-state index contributed by atoms with van der Waals surface area (Å²) < 4.78 is 36.8. The molecule has 0 amide bonds. The minimum absolute atomic E-state index is 0.132. The molecule has 1 aromatic rings. The van der Waals surface area contributed by atoms with Crippen LogP contribution in [0.15, 0.2) is 21.8 Å². The molecule has 1 saturated heterocycles. The lowest BCUT2D eigenvalue weighted by molar-refractivity contribution is 0.138. The molecule has 0 spiro atoms. The summed E-state index contributed by atoms with van der Waals surface area (Å²) in [6, 6.07) is 1.58. The van der Waals surface area contributed by atoms with Crippen LogP contribution in [0.4, 0.5) is 0 Å². The standard InChI is InChI=1S/C17H31N5O4S/c1-3-5-12-25-14-7-19-17(18-4-2)21-8-10-22(11-9-21)27(23,24)15-16-6-13-26-20-16/h6,13H,3-5,7-12,14-15H2,1-2H3,(H,18,19). The first-order valence-electron chi connectivity index (χ1n) is 9.55. The third kappa shape index (κ3) is 7.11. The number of sulfonamides is 1. The molecule has 0 unspecified atom stereocenters. The zero-order chi connectivity index (χ0) is 19.5. The van der Waals surface area contributed by atoms with Gasteiger partial charge in [0.15, 0.2) is 5.96 Å². The van der Waals surface area contributed by atoms with Crippen molar-refractivity contribution in [1.82, 2.24) is 19.7 Å². The van der Waals surface area contributed by atoms with E-state index in [-0.39, 0.29) is 5.75 Å². The van der Waals surface area contributed by atoms with Crippen molar-refractivity contribution in [2.75, 3.05) is 52.5 Å². The molecule has 9 nitrogen and oxygen atoms in total. The van der Waals surface area contributed by atoms with Gasteiger partial charge in [-0.05, 0) is 13.3 Å². The van der Waals surface area contributed by atoms with Crippen molar-refractivity contribution in [3.05, 3.63) is 18.0 Å². The van der Waals surface area contributed by atoms with Gasteiger partial charge in [-0.1, -0.05) is 18.5 Å². The van der Waals surface area contributed by atoms with Crippen LogP contribution in [-0.4, -0.2) is 81.2 Å². The normalized spacial score (nSPS) is 16.7. The fourth-order valence-electron chi connectivity index (χ4n) is 2.76. The van der Waals surface area contributed by atoms with E-state index in [1.807, 2.05) is 6.92 Å². The highest BCUT2D eigenvalue weighted by Gasteiger charge is 2.28. The maximum absolute atomic E-state index is 12.5. The Balaban J connectivity index is 1.83. The summed E-state index contributed by atoms with van der Waals surface area (Å²) in [4.78, 5) is 6.69. The minimum atomic E-state index is -3.39. The second kappa shape index (κ2) is 11.3. The van der Waals surface area contributed by atoms with Crippen LogP contribution in [0, 0.1) is 0 Å². The maximum Gasteiger partial charge on any atom is 0.220 e. The summed E-state index contributed by atoms with van der Waals surface area (Å²) in [5, 5.41) is 6.97. The van der Waals surface area contributed by atoms with Crippen LogP contribution >= 0.6 is 0 Å². The third-order valence-corrected chi connectivity index (χ3v) is 6.04. The highest BCUT2D eigenvalue weighted by Crippen LogP contribution is 2.12. The summed E-state index contributed by atoms with van der Waals surface area (Å²) in [6.45, 7) is 8.93. The molecule has 1 fully saturated rings. The summed E-state index contributed by atoms with van der Waals surface area (Å²) in [7, 11) is -3.39. The topological polar surface area (TPSA) is 100 Å². The second-order valence-corrected chi connectivity index (χ2v) is 8.30. The highest BCUT2D eigenvalue weighted by molar-refractivity contribution is 7.88. The maximum atomic E-state index is 12.5. The van der Waals surface area contributed by atoms with Crippen LogP contribution in [-0.2, 0) is 20.5 Å². The lowest BCUT2D eigenvalue weighted by Gasteiger charge is -2.35. The summed E-state index contributed by atoms with van der Waals surface area (Å²) >= 11 is 0. The number of unbranched alkanes of at least 4 members (excludes halogenated alkanes) is 1. The molecule has 0 aliphatic carbocycles. The van der Waals surface area contributed by atoms with Crippen molar-refractivity contribution in [2.24, 2.45) is 4.99 Å². The molecule has 0 saturated carbocycles. The van der Waals surface area contributed by atoms with Crippen molar-refractivity contribution in [1.29, 1.82) is 0 Å². The van der Waals surface area contributed by atoms with Gasteiger partial charge in [0, 0.05) is 45.4 Å². The summed E-state index contributed by atoms with van der Waals surface area (Å²) in [6.07, 6.45) is 3.57. The van der Waals surface area contributed by atoms with Crippen molar-refractivity contribution >= 4 is 16.0 Å². The van der Waals surface area contributed by atoms with Gasteiger partial charge in [0.2, 0.25) is 10.0 Å². The Labute approximate surface area is 161 Å². The largest absolute Gasteiger partial charge is 0.380 e. The number of piperazine rings is 1. The number of hydrogen-bond acceptors (Lipinski definition) is 6. The predicted molar refractivity (Wildman–Crippen MR) is 104 cm³/mol. The van der Waals surface area contributed by atoms with Gasteiger partial charge in [0.05, 0.1) is 18.8 Å². The number of nitrogens with zero attached hydrogens (tertiary/aromatic N) is 4. The van der Waals surface area contributed by atoms with E-state index < -0.39 is 10.0 Å². The number of ether oxygens (including phenoxy) is 1. The molecular formula is C17H31N5O4S. The molecule has 1 aliphatic rings. The van der Waals surface area contributed by atoms with Crippen molar-refractivity contribution in [3.63, 3.8) is 0 Å². The first-order valence-corrected chi connectivity index (χ1v) is 11.2. The smallest absolute Gasteiger partial charge is 0.220 e. The zero-order valence-corrected chi connectivity index (χ0v) is 17.1. The van der Waals surface area contributed by atoms with E-state index in [1.54, 1.807) is 6.07 Å². The van der Waals surface area contributed by atoms with Crippen LogP contribution < -0.4 is 5.32 Å². The van der Waals surface area contributed by atoms with E-state index in [4.69, 9.17) is 9.26 Å². The van der Waals surface area contributed by atoms with Gasteiger partial charge in [-0.25, -0.2) is 8.42 Å². The first-order chi connectivity index (χ1) is 13.1. The quantitative estimate of drug-likeness (QED) is 0.353. The lowest BCUT2D eigenvalue weighted by atomic mass is 10.4. The molecule has 1 aromatic heterocycles. The number of rotatable bonds is 10. The van der Waals surface area contributed by atoms with Gasteiger partial charge in [-0.15, -0.1) is 0 Å². The average molecular weight is 402 g/mol. The Morgan fingerprint density at radius 3 is 2.70 bits per heavy atom. The molecule has 2 rings (SSSR count). The predicted octanol–water partition coefficient (Wildman–Crippen LogP) is 0.904. The van der Waals surface area contributed by atoms with Crippen LogP contribution in [0.3, 0.4) is 0 Å². The van der Waals surface area contributed by atoms with E-state index in [2.05, 4.69) is 27.3 Å². The van der Waals surface area contributed by atoms with Gasteiger partial charge in [-0.3, -0.25) is 4.99 Å². The van der Waals surface area contributed by atoms with Gasteiger partial charge in [-0.2, -0.15) is 4.31 Å². The molecule has 2 heterocycles. The number of guanidine groups is 1. The number of nitrogens with one attached hydrogen (secondary N) is 1. The summed E-state index contributed by atoms with van der Waals surface area (Å²) in [5.74, 6) is 0.678. The van der Waals surface area contributed by atoms with E-state index in [1.165, 1.54) is 10.6 Å². The Bertz CT molecular complexity index is 655. The molecule has 10 heteroatoms. The molecule has 1 aliphatic heterocycles. The lowest BCUT2D eigenvalue weighted by Crippen LogP contribution is -2.54. The number of aromatic nitrogens is 1. The fraction of sp³-hybridized carbons (Fsp3) is 0.765.